The Bertz CT molecular complexity index is 818. The topological polar surface area (TPSA) is 59.9 Å². The molecule has 0 radical (unpaired) electrons. The summed E-state index contributed by atoms with van der Waals surface area (Å²) < 4.78 is 11.6. The summed E-state index contributed by atoms with van der Waals surface area (Å²) in [4.78, 5) is 11.8. The molecule has 25 heavy (non-hydrogen) atoms. The van der Waals surface area contributed by atoms with Crippen LogP contribution in [0, 0.1) is 12.3 Å². The Morgan fingerprint density at radius 1 is 1.32 bits per heavy atom. The van der Waals surface area contributed by atoms with E-state index in [0.717, 1.165) is 4.47 Å². The van der Waals surface area contributed by atoms with Crippen LogP contribution in [-0.2, 0) is 4.79 Å². The highest BCUT2D eigenvalue weighted by Gasteiger charge is 2.04. The molecular formula is C18H14BrClN2O3. The number of carbonyl (C=O) groups excluding carboxylic acids is 1. The molecule has 0 saturated carbocycles. The largest absolute Gasteiger partial charge is 0.484 e. The number of hydrazone groups is 1. The maximum absolute atomic E-state index is 11.8. The van der Waals surface area contributed by atoms with Gasteiger partial charge in [0.15, 0.2) is 6.61 Å². The van der Waals surface area contributed by atoms with Gasteiger partial charge in [0.25, 0.3) is 5.91 Å². The number of terminal acetylenes is 1. The zero-order valence-electron chi connectivity index (χ0n) is 13.0. The number of hydrogen-bond acceptors (Lipinski definition) is 4. The highest BCUT2D eigenvalue weighted by Crippen LogP contribution is 2.21. The average molecular weight is 422 g/mol. The van der Waals surface area contributed by atoms with Crippen LogP contribution >= 0.6 is 27.5 Å². The van der Waals surface area contributed by atoms with Crippen molar-refractivity contribution >= 4 is 39.7 Å². The van der Waals surface area contributed by atoms with Gasteiger partial charge < -0.3 is 9.47 Å². The summed E-state index contributed by atoms with van der Waals surface area (Å²) in [5, 5.41) is 4.43. The van der Waals surface area contributed by atoms with Gasteiger partial charge in [-0.2, -0.15) is 5.10 Å². The summed E-state index contributed by atoms with van der Waals surface area (Å²) in [6, 6.07) is 12.2. The lowest BCUT2D eigenvalue weighted by Gasteiger charge is -2.07. The molecule has 1 N–H and O–H groups in total. The van der Waals surface area contributed by atoms with Crippen LogP contribution in [0.3, 0.4) is 0 Å². The smallest absolute Gasteiger partial charge is 0.277 e. The van der Waals surface area contributed by atoms with Crippen LogP contribution in [0.25, 0.3) is 0 Å². The van der Waals surface area contributed by atoms with Gasteiger partial charge in [0, 0.05) is 15.1 Å². The summed E-state index contributed by atoms with van der Waals surface area (Å²) in [6.07, 6.45) is 6.66. The van der Waals surface area contributed by atoms with Crippen molar-refractivity contribution in [3.05, 3.63) is 57.5 Å². The maximum atomic E-state index is 11.8. The van der Waals surface area contributed by atoms with Crippen molar-refractivity contribution in [3.8, 4) is 23.8 Å². The zero-order valence-corrected chi connectivity index (χ0v) is 15.4. The standard InChI is InChI=1S/C18H14BrClN2O3/c1-2-8-24-17-7-6-14(19)9-13(17)11-21-22-18(23)12-25-16-5-3-4-15(20)10-16/h1,3-7,9-11H,8,12H2,(H,22,23)/b21-11+. The van der Waals surface area contributed by atoms with Crippen LogP contribution < -0.4 is 14.9 Å². The predicted octanol–water partition coefficient (Wildman–Crippen LogP) is 3.64. The predicted molar refractivity (Wildman–Crippen MR) is 101 cm³/mol. The monoisotopic (exact) mass is 420 g/mol. The number of amides is 1. The van der Waals surface area contributed by atoms with Crippen LogP contribution in [0.1, 0.15) is 5.56 Å². The van der Waals surface area contributed by atoms with Gasteiger partial charge in [0.05, 0.1) is 6.21 Å². The Kier molecular flexibility index (Phi) is 7.33. The molecule has 0 aliphatic carbocycles. The highest BCUT2D eigenvalue weighted by atomic mass is 79.9. The molecule has 0 fully saturated rings. The van der Waals surface area contributed by atoms with Crippen molar-refractivity contribution in [2.45, 2.75) is 0 Å². The van der Waals surface area contributed by atoms with E-state index in [4.69, 9.17) is 27.5 Å². The summed E-state index contributed by atoms with van der Waals surface area (Å²) in [7, 11) is 0. The van der Waals surface area contributed by atoms with Crippen LogP contribution in [0.4, 0.5) is 0 Å². The minimum absolute atomic E-state index is 0.141. The van der Waals surface area contributed by atoms with Gasteiger partial charge in [-0.3, -0.25) is 4.79 Å². The van der Waals surface area contributed by atoms with E-state index in [1.165, 1.54) is 6.21 Å². The third-order valence-electron chi connectivity index (χ3n) is 2.84. The molecule has 128 valence electrons. The molecule has 0 atom stereocenters. The van der Waals surface area contributed by atoms with E-state index in [9.17, 15) is 4.79 Å². The fraction of sp³-hybridized carbons (Fsp3) is 0.111. The van der Waals surface area contributed by atoms with Crippen molar-refractivity contribution in [2.24, 2.45) is 5.10 Å². The Morgan fingerprint density at radius 2 is 2.16 bits per heavy atom. The third kappa shape index (κ3) is 6.49. The second-order valence-corrected chi connectivity index (χ2v) is 6.07. The molecule has 2 aromatic carbocycles. The number of hydrogen-bond donors (Lipinski definition) is 1. The molecule has 5 nitrogen and oxygen atoms in total. The van der Waals surface area contributed by atoms with Gasteiger partial charge >= 0.3 is 0 Å². The van der Waals surface area contributed by atoms with E-state index in [1.54, 1.807) is 36.4 Å². The van der Waals surface area contributed by atoms with Gasteiger partial charge in [-0.25, -0.2) is 5.43 Å². The van der Waals surface area contributed by atoms with E-state index < -0.39 is 5.91 Å². The fourth-order valence-corrected chi connectivity index (χ4v) is 2.34. The van der Waals surface area contributed by atoms with Crippen LogP contribution in [0.2, 0.25) is 5.02 Å². The van der Waals surface area contributed by atoms with Crippen LogP contribution in [0.15, 0.2) is 52.0 Å². The van der Waals surface area contributed by atoms with Crippen molar-refractivity contribution < 1.29 is 14.3 Å². The van der Waals surface area contributed by atoms with Crippen molar-refractivity contribution in [1.29, 1.82) is 0 Å². The van der Waals surface area contributed by atoms with Crippen LogP contribution in [0.5, 0.6) is 11.5 Å². The molecule has 0 aromatic heterocycles. The fourth-order valence-electron chi connectivity index (χ4n) is 1.78. The first-order valence-corrected chi connectivity index (χ1v) is 8.31. The normalized spacial score (nSPS) is 10.3. The van der Waals surface area contributed by atoms with Crippen molar-refractivity contribution in [2.75, 3.05) is 13.2 Å². The number of rotatable bonds is 7. The zero-order chi connectivity index (χ0) is 18.1. The van der Waals surface area contributed by atoms with E-state index in [-0.39, 0.29) is 13.2 Å². The molecule has 0 saturated heterocycles. The molecular weight excluding hydrogens is 408 g/mol. The molecule has 2 rings (SSSR count). The van der Waals surface area contributed by atoms with E-state index >= 15 is 0 Å². The summed E-state index contributed by atoms with van der Waals surface area (Å²) in [5.41, 5.74) is 3.05. The molecule has 0 bridgehead atoms. The van der Waals surface area contributed by atoms with E-state index in [2.05, 4.69) is 32.4 Å². The second kappa shape index (κ2) is 9.72. The van der Waals surface area contributed by atoms with Gasteiger partial charge in [-0.1, -0.05) is 39.5 Å². The lowest BCUT2D eigenvalue weighted by Crippen LogP contribution is -2.24. The molecule has 2 aromatic rings. The van der Waals surface area contributed by atoms with Gasteiger partial charge in [-0.05, 0) is 36.4 Å². The Morgan fingerprint density at radius 3 is 2.92 bits per heavy atom. The number of halogens is 2. The Labute approximate surface area is 159 Å². The van der Waals surface area contributed by atoms with Crippen LogP contribution in [-0.4, -0.2) is 25.3 Å². The lowest BCUT2D eigenvalue weighted by atomic mass is 10.2. The first-order chi connectivity index (χ1) is 12.1. The number of carbonyl (C=O) groups is 1. The summed E-state index contributed by atoms with van der Waals surface area (Å²) in [6.45, 7) is -0.0427. The third-order valence-corrected chi connectivity index (χ3v) is 3.57. The minimum Gasteiger partial charge on any atom is -0.484 e. The molecule has 0 unspecified atom stereocenters. The van der Waals surface area contributed by atoms with Gasteiger partial charge in [0.1, 0.15) is 18.1 Å². The lowest BCUT2D eigenvalue weighted by molar-refractivity contribution is -0.123. The molecule has 0 aliphatic rings. The average Bonchev–Trinajstić information content (AvgIpc) is 2.59. The molecule has 7 heteroatoms. The molecule has 0 spiro atoms. The second-order valence-electron chi connectivity index (χ2n) is 4.71. The first kappa shape index (κ1) is 18.8. The van der Waals surface area contributed by atoms with E-state index in [0.29, 0.717) is 22.1 Å². The number of ether oxygens (including phenoxy) is 2. The van der Waals surface area contributed by atoms with Crippen molar-refractivity contribution in [1.82, 2.24) is 5.43 Å². The van der Waals surface area contributed by atoms with Gasteiger partial charge in [0.2, 0.25) is 0 Å². The molecule has 1 amide bonds. The van der Waals surface area contributed by atoms with Gasteiger partial charge in [-0.15, -0.1) is 6.42 Å². The molecule has 0 aliphatic heterocycles. The highest BCUT2D eigenvalue weighted by molar-refractivity contribution is 9.10. The number of nitrogens with one attached hydrogen (secondary N) is 1. The SMILES string of the molecule is C#CCOc1ccc(Br)cc1/C=N/NC(=O)COc1cccc(Cl)c1. The number of nitrogens with zero attached hydrogens (tertiary/aromatic N) is 1. The first-order valence-electron chi connectivity index (χ1n) is 7.14. The maximum Gasteiger partial charge on any atom is 0.277 e. The van der Waals surface area contributed by atoms with E-state index in [1.807, 2.05) is 6.07 Å². The Balaban J connectivity index is 1.90. The molecule has 0 heterocycles. The minimum atomic E-state index is -0.405. The summed E-state index contributed by atoms with van der Waals surface area (Å²) in [5.74, 6) is 3.06. The number of benzene rings is 2. The Hall–Kier alpha value is -2.49. The van der Waals surface area contributed by atoms with Crippen molar-refractivity contribution in [3.63, 3.8) is 0 Å². The quantitative estimate of drug-likeness (QED) is 0.422. The summed E-state index contributed by atoms with van der Waals surface area (Å²) >= 11 is 9.21.